The highest BCUT2D eigenvalue weighted by Gasteiger charge is 2.45. The molecule has 3 unspecified atom stereocenters. The van der Waals surface area contributed by atoms with Crippen molar-refractivity contribution in [3.63, 3.8) is 0 Å². The van der Waals surface area contributed by atoms with Crippen molar-refractivity contribution in [2.45, 2.75) is 44.8 Å². The van der Waals surface area contributed by atoms with Gasteiger partial charge in [-0.1, -0.05) is 12.1 Å². The van der Waals surface area contributed by atoms with E-state index in [4.69, 9.17) is 0 Å². The van der Waals surface area contributed by atoms with E-state index in [2.05, 4.69) is 39.8 Å². The third-order valence-electron chi connectivity index (χ3n) is 6.60. The molecule has 6 rings (SSSR count). The number of benzene rings is 2. The summed E-state index contributed by atoms with van der Waals surface area (Å²) in [4.78, 5) is 16.1. The number of fused-ring (bicyclic) bond motifs is 3. The Labute approximate surface area is 170 Å². The molecule has 0 radical (unpaired) electrons. The molecule has 1 amide bonds. The molecule has 3 fully saturated rings. The van der Waals surface area contributed by atoms with Gasteiger partial charge in [0.2, 0.25) is 5.91 Å². The van der Waals surface area contributed by atoms with E-state index >= 15 is 0 Å². The second-order valence-corrected chi connectivity index (χ2v) is 8.57. The predicted octanol–water partition coefficient (Wildman–Crippen LogP) is 3.39. The number of amides is 1. The van der Waals surface area contributed by atoms with Crippen LogP contribution in [0.25, 0.3) is 0 Å². The van der Waals surface area contributed by atoms with E-state index in [9.17, 15) is 9.18 Å². The number of piperidine rings is 1. The highest BCUT2D eigenvalue weighted by atomic mass is 19.1. The molecule has 6 heteroatoms. The first-order valence-electron chi connectivity index (χ1n) is 10.4. The van der Waals surface area contributed by atoms with Crippen molar-refractivity contribution in [2.24, 2.45) is 0 Å². The van der Waals surface area contributed by atoms with Crippen molar-refractivity contribution < 1.29 is 9.18 Å². The Kier molecular flexibility index (Phi) is 4.37. The molecule has 4 heterocycles. The zero-order valence-electron chi connectivity index (χ0n) is 16.9. The number of piperazine rings is 1. The van der Waals surface area contributed by atoms with Gasteiger partial charge in [-0.15, -0.1) is 0 Å². The maximum absolute atomic E-state index is 14.1. The predicted molar refractivity (Wildman–Crippen MR) is 114 cm³/mol. The lowest BCUT2D eigenvalue weighted by molar-refractivity contribution is -0.131. The van der Waals surface area contributed by atoms with Crippen LogP contribution in [-0.2, 0) is 11.2 Å². The number of carbonyl (C=O) groups is 1. The fourth-order valence-corrected chi connectivity index (χ4v) is 5.07. The van der Waals surface area contributed by atoms with Crippen molar-refractivity contribution in [1.29, 1.82) is 0 Å². The Morgan fingerprint density at radius 2 is 2.03 bits per heavy atom. The molecule has 2 aromatic rings. The van der Waals surface area contributed by atoms with E-state index in [-0.39, 0.29) is 17.8 Å². The minimum Gasteiger partial charge on any atom is -0.383 e. The molecule has 4 aliphatic heterocycles. The average molecular weight is 394 g/mol. The number of anilines is 3. The number of rotatable bonds is 4. The number of aryl methyl sites for hydroxylation is 1. The van der Waals surface area contributed by atoms with Gasteiger partial charge in [-0.05, 0) is 49.6 Å². The number of carbonyl (C=O) groups excluding carboxylic acids is 1. The van der Waals surface area contributed by atoms with Crippen molar-refractivity contribution in [1.82, 2.24) is 4.90 Å². The number of hydrogen-bond donors (Lipinski definition) is 2. The lowest BCUT2D eigenvalue weighted by atomic mass is 9.86. The van der Waals surface area contributed by atoms with Crippen molar-refractivity contribution >= 4 is 23.0 Å². The van der Waals surface area contributed by atoms with Gasteiger partial charge in [0, 0.05) is 67.3 Å². The van der Waals surface area contributed by atoms with Gasteiger partial charge in [-0.3, -0.25) is 4.79 Å². The van der Waals surface area contributed by atoms with Gasteiger partial charge in [0.1, 0.15) is 5.82 Å². The van der Waals surface area contributed by atoms with E-state index in [1.807, 2.05) is 17.9 Å². The highest BCUT2D eigenvalue weighted by molar-refractivity contribution is 5.74. The number of hydrogen-bond acceptors (Lipinski definition) is 4. The smallest absolute Gasteiger partial charge is 0.219 e. The Morgan fingerprint density at radius 3 is 2.76 bits per heavy atom. The molecule has 29 heavy (non-hydrogen) atoms. The summed E-state index contributed by atoms with van der Waals surface area (Å²) in [5, 5.41) is 6.99. The molecule has 152 valence electrons. The van der Waals surface area contributed by atoms with Crippen LogP contribution in [0.3, 0.4) is 0 Å². The largest absolute Gasteiger partial charge is 0.383 e. The summed E-state index contributed by atoms with van der Waals surface area (Å²) in [6, 6.07) is 12.9. The van der Waals surface area contributed by atoms with Gasteiger partial charge in [0.15, 0.2) is 0 Å². The minimum absolute atomic E-state index is 0.119. The summed E-state index contributed by atoms with van der Waals surface area (Å²) in [5.41, 5.74) is 5.13. The molecule has 3 atom stereocenters. The van der Waals surface area contributed by atoms with Crippen LogP contribution in [-0.4, -0.2) is 48.6 Å². The van der Waals surface area contributed by atoms with Crippen LogP contribution in [0.5, 0.6) is 0 Å². The molecule has 0 saturated carbocycles. The summed E-state index contributed by atoms with van der Waals surface area (Å²) in [6.45, 7) is 6.05. The second-order valence-electron chi connectivity index (χ2n) is 8.57. The lowest BCUT2D eigenvalue weighted by Gasteiger charge is -2.57. The first kappa shape index (κ1) is 18.3. The van der Waals surface area contributed by atoms with E-state index in [1.165, 1.54) is 5.69 Å². The van der Waals surface area contributed by atoms with Crippen LogP contribution in [0.2, 0.25) is 0 Å². The molecule has 4 aliphatic rings. The summed E-state index contributed by atoms with van der Waals surface area (Å²) < 4.78 is 14.1. The molecular formula is C23H27FN4O. The summed E-state index contributed by atoms with van der Waals surface area (Å²) >= 11 is 0. The van der Waals surface area contributed by atoms with Crippen LogP contribution in [0.4, 0.5) is 21.5 Å². The second kappa shape index (κ2) is 6.94. The SMILES string of the molecule is CC(=O)N1CC2CC(C1)N2c1cccc(NCC2Cc3c(F)ccc(C)c3N2)c1. The molecule has 2 N–H and O–H groups in total. The van der Waals surface area contributed by atoms with Gasteiger partial charge >= 0.3 is 0 Å². The molecule has 3 saturated heterocycles. The van der Waals surface area contributed by atoms with E-state index in [0.717, 1.165) is 48.6 Å². The Bertz CT molecular complexity index is 919. The van der Waals surface area contributed by atoms with Crippen molar-refractivity contribution in [3.05, 3.63) is 53.3 Å². The molecule has 0 spiro atoms. The molecule has 0 aliphatic carbocycles. The first-order valence-corrected chi connectivity index (χ1v) is 10.4. The molecule has 5 nitrogen and oxygen atoms in total. The highest BCUT2D eigenvalue weighted by Crippen LogP contribution is 2.38. The summed E-state index contributed by atoms with van der Waals surface area (Å²) in [5.74, 6) is 0.0537. The average Bonchev–Trinajstić information content (AvgIpc) is 3.15. The molecule has 2 bridgehead atoms. The van der Waals surface area contributed by atoms with E-state index in [1.54, 1.807) is 13.0 Å². The Balaban J connectivity index is 1.23. The zero-order valence-corrected chi connectivity index (χ0v) is 16.9. The fraction of sp³-hybridized carbons (Fsp3) is 0.435. The minimum atomic E-state index is -0.119. The van der Waals surface area contributed by atoms with Crippen LogP contribution < -0.4 is 15.5 Å². The lowest BCUT2D eigenvalue weighted by Crippen LogP contribution is -2.69. The molecule has 2 aromatic carbocycles. The normalized spacial score (nSPS) is 24.6. The summed E-state index contributed by atoms with van der Waals surface area (Å²) in [6.07, 6.45) is 1.86. The van der Waals surface area contributed by atoms with Crippen molar-refractivity contribution in [3.8, 4) is 0 Å². The Morgan fingerprint density at radius 1 is 1.24 bits per heavy atom. The van der Waals surface area contributed by atoms with Gasteiger partial charge in [-0.25, -0.2) is 4.39 Å². The van der Waals surface area contributed by atoms with E-state index in [0.29, 0.717) is 18.5 Å². The monoisotopic (exact) mass is 394 g/mol. The summed E-state index contributed by atoms with van der Waals surface area (Å²) in [7, 11) is 0. The fourth-order valence-electron chi connectivity index (χ4n) is 5.07. The van der Waals surface area contributed by atoms with Crippen LogP contribution >= 0.6 is 0 Å². The van der Waals surface area contributed by atoms with Gasteiger partial charge in [-0.2, -0.15) is 0 Å². The van der Waals surface area contributed by atoms with Crippen molar-refractivity contribution in [2.75, 3.05) is 35.2 Å². The topological polar surface area (TPSA) is 47.6 Å². The number of nitrogens with zero attached hydrogens (tertiary/aromatic N) is 2. The first-order chi connectivity index (χ1) is 14.0. The van der Waals surface area contributed by atoms with Crippen LogP contribution in [0.1, 0.15) is 24.5 Å². The van der Waals surface area contributed by atoms with Crippen LogP contribution in [0.15, 0.2) is 36.4 Å². The maximum Gasteiger partial charge on any atom is 0.219 e. The van der Waals surface area contributed by atoms with Gasteiger partial charge in [0.25, 0.3) is 0 Å². The van der Waals surface area contributed by atoms with Gasteiger partial charge in [0.05, 0.1) is 0 Å². The molecular weight excluding hydrogens is 367 g/mol. The van der Waals surface area contributed by atoms with Gasteiger partial charge < -0.3 is 20.4 Å². The standard InChI is InChI=1S/C23H27FN4O/c1-14-6-7-22(24)21-9-17(26-23(14)21)11-25-16-4-3-5-18(8-16)28-19-10-20(28)13-27(12-19)15(2)29/h3-8,17,19-20,25-26H,9-13H2,1-2H3. The third kappa shape index (κ3) is 3.20. The number of nitrogens with one attached hydrogen (secondary N) is 2. The molecule has 0 aromatic heterocycles. The quantitative estimate of drug-likeness (QED) is 0.835. The maximum atomic E-state index is 14.1. The van der Waals surface area contributed by atoms with E-state index < -0.39 is 0 Å². The third-order valence-corrected chi connectivity index (χ3v) is 6.60. The zero-order chi connectivity index (χ0) is 20.1. The van der Waals surface area contributed by atoms with Crippen LogP contribution in [0, 0.1) is 12.7 Å². The number of halogens is 1. The Hall–Kier alpha value is -2.76.